The standard InChI is InChI=1S/C40H54ClN5O3S/c1-25(2)49-37-23-31(30-21-34(28-14-8-6-9-15-28)43-35(22-30)29-16-10-7-11-17-29)27(5)20-36(37)45-40-42-24-32(41)39(46-40)44-33-18-12-13-19-38(33)50(47,48)26(3)4/h12-13,18-21,23-26,28-29,34-35,43H,6-11,14-17,22H2,1-5H3,(H2,42,44,45,46)/t34-,35+/m0/s1. The number of benzene rings is 2. The van der Waals surface area contributed by atoms with Crippen LogP contribution in [0.1, 0.15) is 109 Å². The smallest absolute Gasteiger partial charge is 0.229 e. The van der Waals surface area contributed by atoms with Crippen LogP contribution in [-0.2, 0) is 9.84 Å². The summed E-state index contributed by atoms with van der Waals surface area (Å²) in [5.74, 6) is 2.79. The minimum absolute atomic E-state index is 0.0409. The zero-order chi connectivity index (χ0) is 35.4. The van der Waals surface area contributed by atoms with Crippen molar-refractivity contribution in [2.45, 2.75) is 134 Å². The normalized spacial score (nSPS) is 20.9. The van der Waals surface area contributed by atoms with E-state index in [0.717, 1.165) is 23.8 Å². The van der Waals surface area contributed by atoms with Gasteiger partial charge in [0, 0.05) is 12.1 Å². The molecule has 0 saturated heterocycles. The van der Waals surface area contributed by atoms with Gasteiger partial charge in [-0.25, -0.2) is 13.4 Å². The van der Waals surface area contributed by atoms with Crippen molar-refractivity contribution in [3.05, 3.63) is 64.8 Å². The average Bonchev–Trinajstić information content (AvgIpc) is 3.11. The maximum Gasteiger partial charge on any atom is 0.229 e. The van der Waals surface area contributed by atoms with E-state index in [1.54, 1.807) is 38.1 Å². The van der Waals surface area contributed by atoms with E-state index in [2.05, 4.69) is 51.1 Å². The number of aryl methyl sites for hydroxylation is 1. The minimum Gasteiger partial charge on any atom is -0.489 e. The van der Waals surface area contributed by atoms with Gasteiger partial charge in [0.1, 0.15) is 10.8 Å². The monoisotopic (exact) mass is 719 g/mol. The predicted octanol–water partition coefficient (Wildman–Crippen LogP) is 10.2. The highest BCUT2D eigenvalue weighted by Crippen LogP contribution is 2.41. The number of hydrogen-bond donors (Lipinski definition) is 3. The quantitative estimate of drug-likeness (QED) is 0.180. The molecular weight excluding hydrogens is 666 g/mol. The lowest BCUT2D eigenvalue weighted by atomic mass is 9.75. The lowest BCUT2D eigenvalue weighted by Crippen LogP contribution is -2.49. The first-order valence-electron chi connectivity index (χ1n) is 18.7. The maximum absolute atomic E-state index is 13.1. The Hall–Kier alpha value is -3.14. The second-order valence-electron chi connectivity index (χ2n) is 15.1. The largest absolute Gasteiger partial charge is 0.489 e. The molecule has 0 unspecified atom stereocenters. The summed E-state index contributed by atoms with van der Waals surface area (Å²) in [6.07, 6.45) is 18.4. The molecule has 2 aliphatic carbocycles. The third kappa shape index (κ3) is 8.48. The van der Waals surface area contributed by atoms with Gasteiger partial charge in [-0.3, -0.25) is 0 Å². The maximum atomic E-state index is 13.1. The number of nitrogens with one attached hydrogen (secondary N) is 3. The van der Waals surface area contributed by atoms with Gasteiger partial charge in [0.25, 0.3) is 0 Å². The van der Waals surface area contributed by atoms with Crippen molar-refractivity contribution in [2.75, 3.05) is 10.6 Å². The third-order valence-electron chi connectivity index (χ3n) is 10.7. The van der Waals surface area contributed by atoms with E-state index in [9.17, 15) is 8.42 Å². The van der Waals surface area contributed by atoms with E-state index in [4.69, 9.17) is 16.3 Å². The van der Waals surface area contributed by atoms with Gasteiger partial charge >= 0.3 is 0 Å². The van der Waals surface area contributed by atoms with Crippen molar-refractivity contribution in [1.82, 2.24) is 15.3 Å². The number of halogens is 1. The van der Waals surface area contributed by atoms with Gasteiger partial charge in [0.2, 0.25) is 5.95 Å². The van der Waals surface area contributed by atoms with E-state index >= 15 is 0 Å². The molecule has 2 heterocycles. The highest BCUT2D eigenvalue weighted by atomic mass is 35.5. The SMILES string of the molecule is Cc1cc(Nc2ncc(Cl)c(Nc3ccccc3S(=O)(=O)C(C)C)n2)c(OC(C)C)cc1C1=C[C@@H](C2CCCCC2)N[C@@H](C2CCCCC2)C1. The summed E-state index contributed by atoms with van der Waals surface area (Å²) in [5, 5.41) is 10.4. The number of anilines is 4. The Bertz CT molecular complexity index is 1780. The molecule has 0 bridgehead atoms. The summed E-state index contributed by atoms with van der Waals surface area (Å²) >= 11 is 6.55. The fourth-order valence-corrected chi connectivity index (χ4v) is 9.34. The summed E-state index contributed by atoms with van der Waals surface area (Å²) < 4.78 is 32.6. The number of aromatic nitrogens is 2. The Labute approximate surface area is 304 Å². The van der Waals surface area contributed by atoms with Crippen molar-refractivity contribution < 1.29 is 13.2 Å². The summed E-state index contributed by atoms with van der Waals surface area (Å²) in [6.45, 7) is 9.59. The number of ether oxygens (including phenoxy) is 1. The Morgan fingerprint density at radius 3 is 2.26 bits per heavy atom. The average molecular weight is 720 g/mol. The van der Waals surface area contributed by atoms with Gasteiger partial charge in [-0.05, 0) is 120 Å². The first kappa shape index (κ1) is 36.6. The molecule has 0 radical (unpaired) electrons. The molecule has 2 aromatic carbocycles. The zero-order valence-electron chi connectivity index (χ0n) is 30.3. The number of hydrogen-bond acceptors (Lipinski definition) is 8. The third-order valence-corrected chi connectivity index (χ3v) is 13.2. The molecule has 2 saturated carbocycles. The van der Waals surface area contributed by atoms with Crippen molar-refractivity contribution in [3.63, 3.8) is 0 Å². The predicted molar refractivity (Wildman–Crippen MR) is 206 cm³/mol. The molecule has 1 aromatic heterocycles. The molecule has 3 N–H and O–H groups in total. The Kier molecular flexibility index (Phi) is 11.8. The van der Waals surface area contributed by atoms with E-state index in [0.29, 0.717) is 35.5 Å². The first-order valence-corrected chi connectivity index (χ1v) is 20.6. The number of rotatable bonds is 11. The van der Waals surface area contributed by atoms with Gasteiger partial charge < -0.3 is 20.7 Å². The molecule has 50 heavy (non-hydrogen) atoms. The van der Waals surface area contributed by atoms with Crippen molar-refractivity contribution in [2.24, 2.45) is 11.8 Å². The zero-order valence-corrected chi connectivity index (χ0v) is 31.8. The highest BCUT2D eigenvalue weighted by molar-refractivity contribution is 7.92. The van der Waals surface area contributed by atoms with Crippen molar-refractivity contribution in [3.8, 4) is 5.75 Å². The van der Waals surface area contributed by atoms with Crippen LogP contribution in [0.25, 0.3) is 5.57 Å². The minimum atomic E-state index is -3.54. The van der Waals surface area contributed by atoms with Gasteiger partial charge in [0.15, 0.2) is 15.7 Å². The van der Waals surface area contributed by atoms with Gasteiger partial charge in [-0.15, -0.1) is 0 Å². The van der Waals surface area contributed by atoms with Crippen molar-refractivity contribution in [1.29, 1.82) is 0 Å². The molecule has 10 heteroatoms. The lowest BCUT2D eigenvalue weighted by Gasteiger charge is -2.41. The summed E-state index contributed by atoms with van der Waals surface area (Å²) in [6, 6.07) is 12.0. The van der Waals surface area contributed by atoms with E-state index in [1.165, 1.54) is 87.1 Å². The van der Waals surface area contributed by atoms with Crippen LogP contribution in [0.5, 0.6) is 5.75 Å². The molecule has 0 spiro atoms. The Balaban J connectivity index is 1.31. The van der Waals surface area contributed by atoms with Gasteiger partial charge in [-0.2, -0.15) is 4.98 Å². The number of nitrogens with zero attached hydrogens (tertiary/aromatic N) is 2. The molecule has 1 aliphatic heterocycles. The molecule has 270 valence electrons. The van der Waals surface area contributed by atoms with Crippen LogP contribution in [0.2, 0.25) is 5.02 Å². The molecule has 2 fully saturated rings. The van der Waals surface area contributed by atoms with E-state index in [1.807, 2.05) is 13.8 Å². The van der Waals surface area contributed by atoms with Crippen molar-refractivity contribution >= 4 is 50.2 Å². The molecular formula is C40H54ClN5O3S. The molecule has 3 aromatic rings. The van der Waals surface area contributed by atoms with Crippen LogP contribution in [-0.4, -0.2) is 41.8 Å². The second-order valence-corrected chi connectivity index (χ2v) is 17.9. The van der Waals surface area contributed by atoms with Gasteiger partial charge in [0.05, 0.1) is 33.8 Å². The summed E-state index contributed by atoms with van der Waals surface area (Å²) in [4.78, 5) is 9.35. The van der Waals surface area contributed by atoms with E-state index in [-0.39, 0.29) is 16.0 Å². The fraction of sp³-hybridized carbons (Fsp3) is 0.550. The van der Waals surface area contributed by atoms with Crippen LogP contribution >= 0.6 is 11.6 Å². The van der Waals surface area contributed by atoms with Gasteiger partial charge in [-0.1, -0.05) is 68.3 Å². The molecule has 8 nitrogen and oxygen atoms in total. The molecule has 6 rings (SSSR count). The van der Waals surface area contributed by atoms with Crippen LogP contribution in [0.4, 0.5) is 23.1 Å². The molecule has 0 amide bonds. The second kappa shape index (κ2) is 16.0. The lowest BCUT2D eigenvalue weighted by molar-refractivity contribution is 0.216. The molecule has 3 aliphatic rings. The van der Waals surface area contributed by atoms with Crippen LogP contribution in [0.15, 0.2) is 53.6 Å². The number of para-hydroxylation sites is 1. The topological polar surface area (TPSA) is 105 Å². The fourth-order valence-electron chi connectivity index (χ4n) is 8.00. The Morgan fingerprint density at radius 1 is 0.900 bits per heavy atom. The van der Waals surface area contributed by atoms with Crippen LogP contribution in [0, 0.1) is 18.8 Å². The summed E-state index contributed by atoms with van der Waals surface area (Å²) in [7, 11) is -3.54. The number of sulfone groups is 1. The first-order chi connectivity index (χ1) is 24.0. The highest BCUT2D eigenvalue weighted by Gasteiger charge is 2.34. The van der Waals surface area contributed by atoms with E-state index < -0.39 is 15.1 Å². The summed E-state index contributed by atoms with van der Waals surface area (Å²) in [5.41, 5.74) is 5.01. The molecule has 2 atom stereocenters. The Morgan fingerprint density at radius 2 is 1.58 bits per heavy atom. The van der Waals surface area contributed by atoms with Crippen LogP contribution < -0.4 is 20.7 Å². The van der Waals surface area contributed by atoms with Crippen LogP contribution in [0.3, 0.4) is 0 Å².